The molecule has 4 heterocycles. The Labute approximate surface area is 249 Å². The number of carboxylic acid groups (broad SMARTS) is 2. The highest BCUT2D eigenvalue weighted by molar-refractivity contribution is 6.04. The fourth-order valence-electron chi connectivity index (χ4n) is 5.62. The summed E-state index contributed by atoms with van der Waals surface area (Å²) in [7, 11) is 0. The molecule has 2 aromatic rings. The number of hydrogen-bond acceptors (Lipinski definition) is 4. The molecule has 0 spiro atoms. The number of carbonyl (C=O) groups excluding carboxylic acids is 2. The highest BCUT2D eigenvalue weighted by Gasteiger charge is 2.25. The van der Waals surface area contributed by atoms with Crippen LogP contribution in [0.5, 0.6) is 0 Å². The van der Waals surface area contributed by atoms with Gasteiger partial charge in [-0.3, -0.25) is 19.2 Å². The molecule has 0 radical (unpaired) electrons. The molecular weight excluding hydrogens is 548 g/mol. The Balaban J connectivity index is 1.80. The maximum absolute atomic E-state index is 12.3. The fourth-order valence-corrected chi connectivity index (χ4v) is 5.62. The average Bonchev–Trinajstić information content (AvgIpc) is 3.58. The molecule has 0 aliphatic carbocycles. The van der Waals surface area contributed by atoms with Gasteiger partial charge in [-0.1, -0.05) is 25.3 Å². The molecule has 0 fully saturated rings. The van der Waals surface area contributed by atoms with Gasteiger partial charge in [0.25, 0.3) is 11.8 Å². The van der Waals surface area contributed by atoms with Gasteiger partial charge in [0.1, 0.15) is 0 Å². The second-order valence-corrected chi connectivity index (χ2v) is 10.7. The van der Waals surface area contributed by atoms with Crippen LogP contribution in [0.1, 0.15) is 71.7 Å². The van der Waals surface area contributed by atoms with Gasteiger partial charge in [0.05, 0.1) is 0 Å². The predicted molar refractivity (Wildman–Crippen MR) is 164 cm³/mol. The van der Waals surface area contributed by atoms with E-state index in [-0.39, 0.29) is 37.5 Å². The summed E-state index contributed by atoms with van der Waals surface area (Å²) in [5.74, 6) is -2.30. The Kier molecular flexibility index (Phi) is 8.89. The topological polar surface area (TPSA) is 164 Å². The first kappa shape index (κ1) is 30.8. The third-order valence-electron chi connectivity index (χ3n) is 8.13. The smallest absolute Gasteiger partial charge is 0.303 e. The normalized spacial score (nSPS) is 16.8. The summed E-state index contributed by atoms with van der Waals surface area (Å²) in [4.78, 5) is 54.6. The van der Waals surface area contributed by atoms with Crippen molar-refractivity contribution in [2.75, 3.05) is 0 Å². The number of allylic oxidation sites excluding steroid dienone is 2. The van der Waals surface area contributed by atoms with Crippen LogP contribution in [0.4, 0.5) is 0 Å². The highest BCUT2D eigenvalue weighted by Crippen LogP contribution is 2.31. The molecule has 0 saturated heterocycles. The van der Waals surface area contributed by atoms with Crippen LogP contribution in [0.2, 0.25) is 0 Å². The molecule has 0 bridgehead atoms. The van der Waals surface area contributed by atoms with Gasteiger partial charge in [-0.15, -0.1) is 0 Å². The summed E-state index contributed by atoms with van der Waals surface area (Å²) >= 11 is 0. The van der Waals surface area contributed by atoms with Crippen LogP contribution in [0.25, 0.3) is 12.2 Å². The Morgan fingerprint density at radius 2 is 1.07 bits per heavy atom. The second kappa shape index (κ2) is 12.4. The lowest BCUT2D eigenvalue weighted by Gasteiger charge is -2.07. The van der Waals surface area contributed by atoms with Crippen molar-refractivity contribution in [1.29, 1.82) is 0 Å². The van der Waals surface area contributed by atoms with Crippen LogP contribution >= 0.6 is 0 Å². The van der Waals surface area contributed by atoms with Crippen molar-refractivity contribution >= 4 is 35.9 Å². The second-order valence-electron chi connectivity index (χ2n) is 10.7. The molecule has 10 heteroatoms. The highest BCUT2D eigenvalue weighted by atomic mass is 16.4. The zero-order chi connectivity index (χ0) is 31.6. The lowest BCUT2D eigenvalue weighted by Crippen LogP contribution is -2.15. The van der Waals surface area contributed by atoms with E-state index in [0.717, 1.165) is 56.2 Å². The van der Waals surface area contributed by atoms with Crippen molar-refractivity contribution in [3.63, 3.8) is 0 Å². The first-order valence-corrected chi connectivity index (χ1v) is 13.9. The van der Waals surface area contributed by atoms with Crippen molar-refractivity contribution in [3.8, 4) is 0 Å². The Bertz CT molecular complexity index is 1580. The van der Waals surface area contributed by atoms with E-state index in [9.17, 15) is 29.4 Å². The molecule has 10 nitrogen and oxygen atoms in total. The van der Waals surface area contributed by atoms with Crippen LogP contribution < -0.4 is 10.6 Å². The van der Waals surface area contributed by atoms with E-state index >= 15 is 0 Å². The van der Waals surface area contributed by atoms with E-state index in [4.69, 9.17) is 0 Å². The summed E-state index contributed by atoms with van der Waals surface area (Å²) < 4.78 is 0. The van der Waals surface area contributed by atoms with Crippen LogP contribution in [0.15, 0.2) is 59.0 Å². The van der Waals surface area contributed by atoms with Gasteiger partial charge in [-0.05, 0) is 86.1 Å². The maximum Gasteiger partial charge on any atom is 0.303 e. The quantitative estimate of drug-likeness (QED) is 0.215. The van der Waals surface area contributed by atoms with E-state index < -0.39 is 11.9 Å². The molecule has 0 atom stereocenters. The molecule has 224 valence electrons. The molecule has 2 aliphatic rings. The van der Waals surface area contributed by atoms with Gasteiger partial charge in [-0.25, -0.2) is 0 Å². The minimum Gasteiger partial charge on any atom is -0.481 e. The van der Waals surface area contributed by atoms with Crippen LogP contribution in [-0.2, 0) is 38.4 Å². The van der Waals surface area contributed by atoms with Gasteiger partial charge in [0.15, 0.2) is 0 Å². The molecule has 0 unspecified atom stereocenters. The number of H-pyrrole nitrogens is 2. The maximum atomic E-state index is 12.3. The van der Waals surface area contributed by atoms with Gasteiger partial charge < -0.3 is 30.8 Å². The van der Waals surface area contributed by atoms with Crippen LogP contribution in [0.3, 0.4) is 0 Å². The average molecular weight is 585 g/mol. The number of aromatic nitrogens is 2. The lowest BCUT2D eigenvalue weighted by atomic mass is 9.98. The molecule has 2 amide bonds. The summed E-state index contributed by atoms with van der Waals surface area (Å²) in [5.41, 5.74) is 10.3. The first-order chi connectivity index (χ1) is 20.4. The van der Waals surface area contributed by atoms with Crippen LogP contribution in [0, 0.1) is 13.8 Å². The third-order valence-corrected chi connectivity index (χ3v) is 8.13. The van der Waals surface area contributed by atoms with E-state index in [1.807, 2.05) is 39.8 Å². The van der Waals surface area contributed by atoms with E-state index in [1.165, 1.54) is 12.2 Å². The lowest BCUT2D eigenvalue weighted by molar-refractivity contribution is -0.138. The van der Waals surface area contributed by atoms with Crippen molar-refractivity contribution < 1.29 is 29.4 Å². The van der Waals surface area contributed by atoms with E-state index in [0.29, 0.717) is 29.0 Å². The number of amides is 2. The summed E-state index contributed by atoms with van der Waals surface area (Å²) in [6, 6.07) is 0. The Hall–Kier alpha value is -5.12. The number of aliphatic carboxylic acids is 2. The Morgan fingerprint density at radius 1 is 0.698 bits per heavy atom. The number of aromatic amines is 2. The zero-order valence-corrected chi connectivity index (χ0v) is 24.8. The minimum atomic E-state index is -0.920. The monoisotopic (exact) mass is 584 g/mol. The number of rotatable bonds is 12. The standard InChI is InChI=1S/C33H36N4O6/c1-7-20-16(3)26(36-32(20)42)13-24-18(5)22(9-11-30(38)39)28(34-24)15-29-23(10-12-31(40)41)19(6)25(35-29)14-27-17(4)21(8-2)33(43)37-27/h7-8,13-14,34-35H,1-2,9-12,15H2,3-6H3,(H,36,42)(H,37,43)(H,38,39)(H,40,41)/b26-13-,27-14-. The van der Waals surface area contributed by atoms with Crippen LogP contribution in [-0.4, -0.2) is 43.9 Å². The summed E-state index contributed by atoms with van der Waals surface area (Å²) in [6.07, 6.45) is 7.50. The molecule has 6 N–H and O–H groups in total. The van der Waals surface area contributed by atoms with E-state index in [1.54, 1.807) is 0 Å². The molecule has 0 saturated carbocycles. The molecular formula is C33H36N4O6. The molecule has 43 heavy (non-hydrogen) atoms. The number of carboxylic acids is 2. The molecule has 0 aromatic carbocycles. The fraction of sp³-hybridized carbons (Fsp3) is 0.273. The SMILES string of the molecule is C=CC1=C(C)/C(=C/c2[nH]c(Cc3[nH]c(/C=C4\NC(=O)C(C=C)=C4C)c(C)c3CCC(=O)O)c(CCC(=O)O)c2C)NC1=O. The van der Waals surface area contributed by atoms with Gasteiger partial charge in [-0.2, -0.15) is 0 Å². The van der Waals surface area contributed by atoms with Crippen molar-refractivity contribution in [2.24, 2.45) is 0 Å². The number of hydrogen-bond donors (Lipinski definition) is 6. The first-order valence-electron chi connectivity index (χ1n) is 13.9. The minimum absolute atomic E-state index is 0.0676. The summed E-state index contributed by atoms with van der Waals surface area (Å²) in [5, 5.41) is 24.6. The zero-order valence-electron chi connectivity index (χ0n) is 24.8. The van der Waals surface area contributed by atoms with E-state index in [2.05, 4.69) is 33.8 Å². The Morgan fingerprint density at radius 3 is 1.37 bits per heavy atom. The largest absolute Gasteiger partial charge is 0.481 e. The molecule has 4 rings (SSSR count). The predicted octanol–water partition coefficient (Wildman–Crippen LogP) is 4.53. The number of carbonyl (C=O) groups is 4. The van der Waals surface area contributed by atoms with Crippen molar-refractivity contribution in [2.45, 2.75) is 59.8 Å². The number of nitrogens with one attached hydrogen (secondary N) is 4. The molecule has 2 aliphatic heterocycles. The van der Waals surface area contributed by atoms with Gasteiger partial charge in [0.2, 0.25) is 0 Å². The van der Waals surface area contributed by atoms with Crippen molar-refractivity contribution in [3.05, 3.63) is 104 Å². The molecule has 2 aromatic heterocycles. The summed E-state index contributed by atoms with van der Waals surface area (Å²) in [6.45, 7) is 14.9. The third kappa shape index (κ3) is 6.23. The van der Waals surface area contributed by atoms with Crippen molar-refractivity contribution in [1.82, 2.24) is 20.6 Å². The van der Waals surface area contributed by atoms with Gasteiger partial charge in [0, 0.05) is 64.6 Å². The van der Waals surface area contributed by atoms with Gasteiger partial charge >= 0.3 is 11.9 Å².